The van der Waals surface area contributed by atoms with E-state index in [1.165, 1.54) is 0 Å². The zero-order chi connectivity index (χ0) is 14.9. The number of rotatable bonds is 6. The van der Waals surface area contributed by atoms with Gasteiger partial charge in [0.1, 0.15) is 5.75 Å². The van der Waals surface area contributed by atoms with Gasteiger partial charge < -0.3 is 9.84 Å². The highest BCUT2D eigenvalue weighted by Gasteiger charge is 2.03. The number of aliphatic hydroxyl groups is 1. The topological polar surface area (TPSA) is 41.8 Å². The van der Waals surface area contributed by atoms with Gasteiger partial charge in [0.2, 0.25) is 0 Å². The van der Waals surface area contributed by atoms with E-state index in [2.05, 4.69) is 4.99 Å². The minimum absolute atomic E-state index is 0.347. The second-order valence-corrected chi connectivity index (χ2v) is 4.54. The minimum Gasteiger partial charge on any atom is -0.496 e. The summed E-state index contributed by atoms with van der Waals surface area (Å²) in [5.41, 5.74) is 1.87. The summed E-state index contributed by atoms with van der Waals surface area (Å²) in [5.74, 6) is 0.825. The molecule has 2 aromatic rings. The molecule has 1 unspecified atom stereocenters. The molecule has 0 saturated carbocycles. The summed E-state index contributed by atoms with van der Waals surface area (Å²) in [6.45, 7) is 0.347. The van der Waals surface area contributed by atoms with Crippen molar-refractivity contribution in [2.24, 2.45) is 4.99 Å². The molecule has 108 valence electrons. The molecule has 1 atom stereocenters. The number of aliphatic imine (C=N–C) groups is 1. The summed E-state index contributed by atoms with van der Waals surface area (Å²) in [5, 5.41) is 9.96. The average molecular weight is 281 g/mol. The smallest absolute Gasteiger partial charge is 0.126 e. The molecule has 2 aromatic carbocycles. The number of aliphatic hydroxyl groups excluding tert-OH is 1. The van der Waals surface area contributed by atoms with Crippen molar-refractivity contribution in [1.82, 2.24) is 0 Å². The predicted octanol–water partition coefficient (Wildman–Crippen LogP) is 3.51. The van der Waals surface area contributed by atoms with Crippen LogP contribution in [0, 0.1) is 0 Å². The van der Waals surface area contributed by atoms with Crippen molar-refractivity contribution in [3.8, 4) is 5.75 Å². The number of nitrogens with zero attached hydrogens (tertiary/aromatic N) is 1. The number of hydrogen-bond donors (Lipinski definition) is 1. The van der Waals surface area contributed by atoms with E-state index in [-0.39, 0.29) is 0 Å². The summed E-state index contributed by atoms with van der Waals surface area (Å²) >= 11 is 0. The number of hydrogen-bond acceptors (Lipinski definition) is 3. The van der Waals surface area contributed by atoms with E-state index in [0.717, 1.165) is 16.9 Å². The Morgan fingerprint density at radius 1 is 1.10 bits per heavy atom. The van der Waals surface area contributed by atoms with Crippen LogP contribution >= 0.6 is 0 Å². The second kappa shape index (κ2) is 8.02. The summed E-state index contributed by atoms with van der Waals surface area (Å²) < 4.78 is 5.26. The Hall–Kier alpha value is -2.39. The van der Waals surface area contributed by atoms with Crippen LogP contribution in [0.4, 0.5) is 0 Å². The molecule has 0 aliphatic heterocycles. The Morgan fingerprint density at radius 3 is 2.57 bits per heavy atom. The van der Waals surface area contributed by atoms with Crippen LogP contribution in [0.15, 0.2) is 65.7 Å². The van der Waals surface area contributed by atoms with Gasteiger partial charge in [0, 0.05) is 11.8 Å². The van der Waals surface area contributed by atoms with Crippen molar-refractivity contribution in [3.63, 3.8) is 0 Å². The highest BCUT2D eigenvalue weighted by molar-refractivity contribution is 5.79. The zero-order valence-corrected chi connectivity index (χ0v) is 12.0. The normalized spacial score (nSPS) is 12.9. The van der Waals surface area contributed by atoms with Gasteiger partial charge in [0.05, 0.1) is 19.8 Å². The van der Waals surface area contributed by atoms with E-state index in [1.807, 2.05) is 66.7 Å². The number of methoxy groups -OCH3 is 1. The number of benzene rings is 2. The van der Waals surface area contributed by atoms with Crippen LogP contribution in [0.1, 0.15) is 17.2 Å². The molecule has 0 bridgehead atoms. The Labute approximate surface area is 125 Å². The van der Waals surface area contributed by atoms with Crippen LogP contribution < -0.4 is 4.74 Å². The quantitative estimate of drug-likeness (QED) is 0.823. The molecule has 0 heterocycles. The van der Waals surface area contributed by atoms with E-state index in [9.17, 15) is 5.11 Å². The molecule has 3 nitrogen and oxygen atoms in total. The van der Waals surface area contributed by atoms with Crippen LogP contribution in [0.3, 0.4) is 0 Å². The van der Waals surface area contributed by atoms with Crippen LogP contribution in [-0.2, 0) is 0 Å². The maximum atomic E-state index is 9.96. The molecule has 0 fully saturated rings. The van der Waals surface area contributed by atoms with Gasteiger partial charge >= 0.3 is 0 Å². The summed E-state index contributed by atoms with van der Waals surface area (Å²) in [6.07, 6.45) is 4.90. The van der Waals surface area contributed by atoms with Crippen LogP contribution in [-0.4, -0.2) is 25.0 Å². The van der Waals surface area contributed by atoms with Crippen LogP contribution in [0.25, 0.3) is 6.08 Å². The lowest BCUT2D eigenvalue weighted by Crippen LogP contribution is -2.00. The first-order chi connectivity index (χ1) is 10.3. The highest BCUT2D eigenvalue weighted by atomic mass is 16.5. The maximum absolute atomic E-state index is 9.96. The van der Waals surface area contributed by atoms with E-state index in [1.54, 1.807) is 13.3 Å². The van der Waals surface area contributed by atoms with E-state index >= 15 is 0 Å². The fraction of sp³-hybridized carbons (Fsp3) is 0.167. The number of allylic oxidation sites excluding steroid dienone is 1. The zero-order valence-electron chi connectivity index (χ0n) is 12.0. The molecular formula is C18H19NO2. The highest BCUT2D eigenvalue weighted by Crippen LogP contribution is 2.18. The lowest BCUT2D eigenvalue weighted by molar-refractivity contribution is 0.187. The van der Waals surface area contributed by atoms with Crippen molar-refractivity contribution in [2.45, 2.75) is 6.10 Å². The van der Waals surface area contributed by atoms with Gasteiger partial charge in [-0.2, -0.15) is 0 Å². The summed E-state index contributed by atoms with van der Waals surface area (Å²) in [4.78, 5) is 4.22. The van der Waals surface area contributed by atoms with Gasteiger partial charge in [-0.25, -0.2) is 0 Å². The van der Waals surface area contributed by atoms with E-state index < -0.39 is 6.10 Å². The number of para-hydroxylation sites is 1. The van der Waals surface area contributed by atoms with Crippen molar-refractivity contribution in [2.75, 3.05) is 13.7 Å². The molecule has 21 heavy (non-hydrogen) atoms. The lowest BCUT2D eigenvalue weighted by Gasteiger charge is -2.06. The van der Waals surface area contributed by atoms with Crippen LogP contribution in [0.2, 0.25) is 0 Å². The van der Waals surface area contributed by atoms with E-state index in [4.69, 9.17) is 4.74 Å². The largest absolute Gasteiger partial charge is 0.496 e. The molecule has 2 rings (SSSR count). The lowest BCUT2D eigenvalue weighted by atomic mass is 10.1. The molecule has 0 aliphatic rings. The third-order valence-corrected chi connectivity index (χ3v) is 3.07. The first kappa shape index (κ1) is 15.0. The van der Waals surface area contributed by atoms with Gasteiger partial charge in [-0.3, -0.25) is 4.99 Å². The third-order valence-electron chi connectivity index (χ3n) is 3.07. The molecule has 0 saturated heterocycles. The maximum Gasteiger partial charge on any atom is 0.126 e. The molecular weight excluding hydrogens is 262 g/mol. The number of ether oxygens (including phenoxy) is 1. The SMILES string of the molecule is COc1ccccc1C=CC=NCC(O)c1ccccc1. The molecule has 0 aliphatic carbocycles. The molecule has 0 radical (unpaired) electrons. The van der Waals surface area contributed by atoms with Gasteiger partial charge in [-0.05, 0) is 23.8 Å². The molecule has 1 N–H and O–H groups in total. The Kier molecular flexibility index (Phi) is 5.73. The van der Waals surface area contributed by atoms with Crippen molar-refractivity contribution < 1.29 is 9.84 Å². The molecule has 0 amide bonds. The van der Waals surface area contributed by atoms with Gasteiger partial charge in [-0.1, -0.05) is 48.5 Å². The first-order valence-electron chi connectivity index (χ1n) is 6.84. The first-order valence-corrected chi connectivity index (χ1v) is 6.84. The Balaban J connectivity index is 1.89. The van der Waals surface area contributed by atoms with Gasteiger partial charge in [0.15, 0.2) is 0 Å². The Morgan fingerprint density at radius 2 is 1.81 bits per heavy atom. The second-order valence-electron chi connectivity index (χ2n) is 4.54. The standard InChI is InChI=1S/C18H19NO2/c1-21-18-12-6-5-10-16(18)11-7-13-19-14-17(20)15-8-3-2-4-9-15/h2-13,17,20H,14H2,1H3. The van der Waals surface area contributed by atoms with Crippen molar-refractivity contribution in [1.29, 1.82) is 0 Å². The monoisotopic (exact) mass is 281 g/mol. The summed E-state index contributed by atoms with van der Waals surface area (Å²) in [6, 6.07) is 17.3. The van der Waals surface area contributed by atoms with Crippen molar-refractivity contribution in [3.05, 3.63) is 71.8 Å². The molecule has 0 spiro atoms. The summed E-state index contributed by atoms with van der Waals surface area (Å²) in [7, 11) is 1.65. The minimum atomic E-state index is -0.567. The predicted molar refractivity (Wildman–Crippen MR) is 86.8 cm³/mol. The van der Waals surface area contributed by atoms with Crippen molar-refractivity contribution >= 4 is 12.3 Å². The van der Waals surface area contributed by atoms with E-state index in [0.29, 0.717) is 6.54 Å². The Bertz CT molecular complexity index is 606. The fourth-order valence-corrected chi connectivity index (χ4v) is 1.95. The molecule has 3 heteroatoms. The fourth-order valence-electron chi connectivity index (χ4n) is 1.95. The third kappa shape index (κ3) is 4.58. The van der Waals surface area contributed by atoms with Gasteiger partial charge in [0.25, 0.3) is 0 Å². The molecule has 0 aromatic heterocycles. The van der Waals surface area contributed by atoms with Crippen LogP contribution in [0.5, 0.6) is 5.75 Å². The van der Waals surface area contributed by atoms with Gasteiger partial charge in [-0.15, -0.1) is 0 Å². The average Bonchev–Trinajstić information content (AvgIpc) is 2.55.